The predicted molar refractivity (Wildman–Crippen MR) is 87.1 cm³/mol. The van der Waals surface area contributed by atoms with E-state index in [-0.39, 0.29) is 0 Å². The highest BCUT2D eigenvalue weighted by Crippen LogP contribution is 2.29. The molecule has 5 nitrogen and oxygen atoms in total. The fraction of sp³-hybridized carbons (Fsp3) is 0.333. The van der Waals surface area contributed by atoms with Crippen molar-refractivity contribution in [2.24, 2.45) is 0 Å². The highest BCUT2D eigenvalue weighted by Gasteiger charge is 2.17. The van der Waals surface area contributed by atoms with Crippen LogP contribution in [0.5, 0.6) is 0 Å². The summed E-state index contributed by atoms with van der Waals surface area (Å²) in [6.07, 6.45) is 6.38. The lowest BCUT2D eigenvalue weighted by atomic mass is 10.2. The second kappa shape index (κ2) is 6.18. The summed E-state index contributed by atoms with van der Waals surface area (Å²) in [5.41, 5.74) is 7.59. The first kappa shape index (κ1) is 13.9. The van der Waals surface area contributed by atoms with Crippen LogP contribution in [-0.4, -0.2) is 16.0 Å². The van der Waals surface area contributed by atoms with Crippen molar-refractivity contribution >= 4 is 34.6 Å². The summed E-state index contributed by atoms with van der Waals surface area (Å²) < 4.78 is 0. The van der Waals surface area contributed by atoms with Crippen LogP contribution >= 0.6 is 11.6 Å². The van der Waals surface area contributed by atoms with Gasteiger partial charge in [0.05, 0.1) is 0 Å². The number of anilines is 4. The second-order valence-corrected chi connectivity index (χ2v) is 5.68. The summed E-state index contributed by atoms with van der Waals surface area (Å²) in [5.74, 6) is 1.31. The Balaban J connectivity index is 1.77. The molecule has 4 N–H and O–H groups in total. The average molecular weight is 304 g/mol. The van der Waals surface area contributed by atoms with E-state index in [2.05, 4.69) is 20.6 Å². The predicted octanol–water partition coefficient (Wildman–Crippen LogP) is 3.81. The monoisotopic (exact) mass is 303 g/mol. The van der Waals surface area contributed by atoms with Crippen LogP contribution < -0.4 is 16.4 Å². The van der Waals surface area contributed by atoms with E-state index in [1.807, 2.05) is 24.3 Å². The van der Waals surface area contributed by atoms with Gasteiger partial charge in [-0.05, 0) is 37.1 Å². The lowest BCUT2D eigenvalue weighted by Gasteiger charge is -2.16. The Labute approximate surface area is 128 Å². The number of halogens is 1. The van der Waals surface area contributed by atoms with Crippen LogP contribution in [0.4, 0.5) is 23.0 Å². The second-order valence-electron chi connectivity index (χ2n) is 5.24. The maximum Gasteiger partial charge on any atom is 0.159 e. The van der Waals surface area contributed by atoms with Gasteiger partial charge in [-0.25, -0.2) is 9.97 Å². The number of nitrogens with two attached hydrogens (primary N) is 1. The Morgan fingerprint density at radius 3 is 2.43 bits per heavy atom. The summed E-state index contributed by atoms with van der Waals surface area (Å²) in [7, 11) is 0. The smallest absolute Gasteiger partial charge is 0.159 e. The highest BCUT2D eigenvalue weighted by atomic mass is 35.5. The van der Waals surface area contributed by atoms with Crippen molar-refractivity contribution in [3.8, 4) is 0 Å². The molecule has 0 saturated heterocycles. The molecule has 0 radical (unpaired) electrons. The van der Waals surface area contributed by atoms with Crippen molar-refractivity contribution in [2.75, 3.05) is 16.4 Å². The lowest BCUT2D eigenvalue weighted by Crippen LogP contribution is -2.17. The molecule has 0 bridgehead atoms. The zero-order chi connectivity index (χ0) is 14.7. The van der Waals surface area contributed by atoms with Gasteiger partial charge in [-0.15, -0.1) is 0 Å². The Morgan fingerprint density at radius 1 is 1.05 bits per heavy atom. The van der Waals surface area contributed by atoms with Gasteiger partial charge in [0, 0.05) is 16.8 Å². The maximum atomic E-state index is 6.16. The van der Waals surface area contributed by atoms with E-state index < -0.39 is 0 Å². The number of nitrogen functional groups attached to an aromatic ring is 1. The zero-order valence-corrected chi connectivity index (χ0v) is 12.4. The van der Waals surface area contributed by atoms with Gasteiger partial charge in [0.15, 0.2) is 11.6 Å². The topological polar surface area (TPSA) is 75.9 Å². The largest absolute Gasteiger partial charge is 0.393 e. The molecule has 0 atom stereocenters. The maximum absolute atomic E-state index is 6.16. The zero-order valence-electron chi connectivity index (χ0n) is 11.6. The van der Waals surface area contributed by atoms with Crippen LogP contribution in [0.1, 0.15) is 25.7 Å². The van der Waals surface area contributed by atoms with Gasteiger partial charge in [-0.2, -0.15) is 0 Å². The fourth-order valence-electron chi connectivity index (χ4n) is 2.54. The Kier molecular flexibility index (Phi) is 4.10. The van der Waals surface area contributed by atoms with E-state index >= 15 is 0 Å². The number of nitrogens with zero attached hydrogens (tertiary/aromatic N) is 2. The van der Waals surface area contributed by atoms with Gasteiger partial charge in [0.2, 0.25) is 0 Å². The van der Waals surface area contributed by atoms with Crippen LogP contribution in [-0.2, 0) is 0 Å². The van der Waals surface area contributed by atoms with Crippen molar-refractivity contribution in [1.29, 1.82) is 0 Å². The molecule has 2 aromatic rings. The third kappa shape index (κ3) is 3.36. The van der Waals surface area contributed by atoms with Crippen LogP contribution in [0.2, 0.25) is 5.02 Å². The lowest BCUT2D eigenvalue weighted by molar-refractivity contribution is 0.750. The van der Waals surface area contributed by atoms with Crippen LogP contribution in [0.25, 0.3) is 0 Å². The minimum atomic E-state index is 0.464. The summed E-state index contributed by atoms with van der Waals surface area (Å²) >= 11 is 5.88. The van der Waals surface area contributed by atoms with Crippen molar-refractivity contribution < 1.29 is 0 Å². The molecular weight excluding hydrogens is 286 g/mol. The normalized spacial score (nSPS) is 15.1. The summed E-state index contributed by atoms with van der Waals surface area (Å²) in [6.45, 7) is 0. The van der Waals surface area contributed by atoms with Gasteiger partial charge < -0.3 is 16.4 Å². The summed E-state index contributed by atoms with van der Waals surface area (Å²) in [6, 6.07) is 7.87. The van der Waals surface area contributed by atoms with E-state index in [1.165, 1.54) is 32.0 Å². The Bertz CT molecular complexity index is 608. The van der Waals surface area contributed by atoms with E-state index in [1.54, 1.807) is 0 Å². The average Bonchev–Trinajstić information content (AvgIpc) is 2.99. The van der Waals surface area contributed by atoms with Crippen LogP contribution in [0.3, 0.4) is 0 Å². The molecule has 1 aromatic carbocycles. The fourth-order valence-corrected chi connectivity index (χ4v) is 2.67. The molecule has 1 saturated carbocycles. The van der Waals surface area contributed by atoms with Gasteiger partial charge in [0.25, 0.3) is 0 Å². The van der Waals surface area contributed by atoms with Crippen LogP contribution in [0, 0.1) is 0 Å². The standard InChI is InChI=1S/C15H18ClN5/c16-10-5-7-12(8-6-10)21-15-13(17)14(18-9-19-15)20-11-3-1-2-4-11/h5-9,11H,1-4,17H2,(H2,18,19,20,21). The number of nitrogens with one attached hydrogen (secondary N) is 2. The molecule has 1 fully saturated rings. The molecule has 21 heavy (non-hydrogen) atoms. The molecule has 3 rings (SSSR count). The molecular formula is C15H18ClN5. The van der Waals surface area contributed by atoms with Crippen molar-refractivity contribution in [3.63, 3.8) is 0 Å². The van der Waals surface area contributed by atoms with Gasteiger partial charge in [0.1, 0.15) is 12.0 Å². The number of hydrogen-bond acceptors (Lipinski definition) is 5. The Hall–Kier alpha value is -2.01. The summed E-state index contributed by atoms with van der Waals surface area (Å²) in [5, 5.41) is 7.29. The van der Waals surface area contributed by atoms with Crippen molar-refractivity contribution in [1.82, 2.24) is 9.97 Å². The third-order valence-electron chi connectivity index (χ3n) is 3.69. The Morgan fingerprint density at radius 2 is 1.71 bits per heavy atom. The molecule has 1 aromatic heterocycles. The minimum absolute atomic E-state index is 0.464. The number of hydrogen-bond donors (Lipinski definition) is 3. The molecule has 1 aliphatic carbocycles. The van der Waals surface area contributed by atoms with E-state index in [0.717, 1.165) is 5.69 Å². The molecule has 110 valence electrons. The molecule has 1 aliphatic rings. The van der Waals surface area contributed by atoms with Gasteiger partial charge in [-0.3, -0.25) is 0 Å². The minimum Gasteiger partial charge on any atom is -0.393 e. The molecule has 1 heterocycles. The molecule has 0 aliphatic heterocycles. The van der Waals surface area contributed by atoms with Gasteiger partial charge in [-0.1, -0.05) is 24.4 Å². The van der Waals surface area contributed by atoms with Gasteiger partial charge >= 0.3 is 0 Å². The van der Waals surface area contributed by atoms with E-state index in [0.29, 0.717) is 28.4 Å². The van der Waals surface area contributed by atoms with Crippen LogP contribution in [0.15, 0.2) is 30.6 Å². The third-order valence-corrected chi connectivity index (χ3v) is 3.94. The number of aromatic nitrogens is 2. The molecule has 6 heteroatoms. The number of rotatable bonds is 4. The summed E-state index contributed by atoms with van der Waals surface area (Å²) in [4.78, 5) is 8.46. The first-order chi connectivity index (χ1) is 10.2. The van der Waals surface area contributed by atoms with E-state index in [9.17, 15) is 0 Å². The number of benzene rings is 1. The quantitative estimate of drug-likeness (QED) is 0.800. The SMILES string of the molecule is Nc1c(Nc2ccc(Cl)cc2)ncnc1NC1CCCC1. The molecule has 0 spiro atoms. The molecule has 0 amide bonds. The molecule has 0 unspecified atom stereocenters. The first-order valence-corrected chi connectivity index (χ1v) is 7.50. The first-order valence-electron chi connectivity index (χ1n) is 7.12. The van der Waals surface area contributed by atoms with E-state index in [4.69, 9.17) is 17.3 Å². The highest BCUT2D eigenvalue weighted by molar-refractivity contribution is 6.30. The van der Waals surface area contributed by atoms with Crippen molar-refractivity contribution in [2.45, 2.75) is 31.7 Å². The van der Waals surface area contributed by atoms with Crippen molar-refractivity contribution in [3.05, 3.63) is 35.6 Å².